The lowest BCUT2D eigenvalue weighted by molar-refractivity contribution is 0.0675. The summed E-state index contributed by atoms with van der Waals surface area (Å²) >= 11 is 0. The standard InChI is InChI=1S/C25H30N4O4/c1-32-22-9-7-20(8-10-22)26-25(31)23-18-33-24(27-23)17-29-13-11-28(12-14-29)16-21(30)15-19-5-3-2-4-6-19/h2-10,18,21,30H,11-17H2,1H3,(H,26,31)/t21-/m1/s1. The van der Waals surface area contributed by atoms with E-state index in [0.717, 1.165) is 37.5 Å². The van der Waals surface area contributed by atoms with E-state index in [1.54, 1.807) is 31.4 Å². The first-order valence-corrected chi connectivity index (χ1v) is 11.2. The van der Waals surface area contributed by atoms with E-state index in [1.807, 2.05) is 30.3 Å². The molecule has 0 aliphatic carbocycles. The lowest BCUT2D eigenvalue weighted by atomic mass is 10.1. The van der Waals surface area contributed by atoms with Gasteiger partial charge in [-0.25, -0.2) is 4.98 Å². The molecule has 2 aromatic carbocycles. The molecule has 2 N–H and O–H groups in total. The number of nitrogens with zero attached hydrogens (tertiary/aromatic N) is 3. The predicted molar refractivity (Wildman–Crippen MR) is 125 cm³/mol. The zero-order valence-electron chi connectivity index (χ0n) is 18.8. The second-order valence-corrected chi connectivity index (χ2v) is 8.23. The smallest absolute Gasteiger partial charge is 0.277 e. The summed E-state index contributed by atoms with van der Waals surface area (Å²) in [7, 11) is 1.60. The first-order valence-electron chi connectivity index (χ1n) is 11.2. The molecular formula is C25H30N4O4. The molecule has 1 saturated heterocycles. The van der Waals surface area contributed by atoms with Gasteiger partial charge in [0.15, 0.2) is 5.69 Å². The number of benzene rings is 2. The first-order chi connectivity index (χ1) is 16.1. The maximum absolute atomic E-state index is 12.4. The second kappa shape index (κ2) is 11.1. The summed E-state index contributed by atoms with van der Waals surface area (Å²) in [5.41, 5.74) is 2.07. The van der Waals surface area contributed by atoms with Gasteiger partial charge in [-0.2, -0.15) is 0 Å². The fourth-order valence-corrected chi connectivity index (χ4v) is 3.93. The van der Waals surface area contributed by atoms with Crippen LogP contribution in [0.1, 0.15) is 21.9 Å². The number of carbonyl (C=O) groups is 1. The molecule has 8 nitrogen and oxygen atoms in total. The fraction of sp³-hybridized carbons (Fsp3) is 0.360. The van der Waals surface area contributed by atoms with Gasteiger partial charge in [0.25, 0.3) is 5.91 Å². The molecule has 33 heavy (non-hydrogen) atoms. The van der Waals surface area contributed by atoms with Crippen LogP contribution in [0.4, 0.5) is 5.69 Å². The van der Waals surface area contributed by atoms with Gasteiger partial charge < -0.3 is 19.6 Å². The highest BCUT2D eigenvalue weighted by molar-refractivity contribution is 6.02. The zero-order chi connectivity index (χ0) is 23.0. The van der Waals surface area contributed by atoms with Crippen LogP contribution in [-0.2, 0) is 13.0 Å². The number of methoxy groups -OCH3 is 1. The van der Waals surface area contributed by atoms with E-state index in [9.17, 15) is 9.90 Å². The van der Waals surface area contributed by atoms with E-state index in [0.29, 0.717) is 31.1 Å². The minimum Gasteiger partial charge on any atom is -0.497 e. The molecule has 1 amide bonds. The maximum atomic E-state index is 12.4. The Hall–Kier alpha value is -3.20. The van der Waals surface area contributed by atoms with Gasteiger partial charge in [0.05, 0.1) is 19.8 Å². The summed E-state index contributed by atoms with van der Waals surface area (Å²) in [6, 6.07) is 17.2. The zero-order valence-corrected chi connectivity index (χ0v) is 18.8. The van der Waals surface area contributed by atoms with Gasteiger partial charge in [-0.15, -0.1) is 0 Å². The van der Waals surface area contributed by atoms with Crippen LogP contribution in [0.25, 0.3) is 0 Å². The number of ether oxygens (including phenoxy) is 1. The number of amides is 1. The summed E-state index contributed by atoms with van der Waals surface area (Å²) in [5.74, 6) is 0.933. The molecule has 3 aromatic rings. The van der Waals surface area contributed by atoms with Gasteiger partial charge in [-0.1, -0.05) is 30.3 Å². The van der Waals surface area contributed by atoms with Crippen molar-refractivity contribution in [2.45, 2.75) is 19.1 Å². The van der Waals surface area contributed by atoms with Crippen LogP contribution in [0.2, 0.25) is 0 Å². The summed E-state index contributed by atoms with van der Waals surface area (Å²) in [6.45, 7) is 4.67. The van der Waals surface area contributed by atoms with Crippen LogP contribution in [-0.4, -0.2) is 71.7 Å². The van der Waals surface area contributed by atoms with E-state index in [2.05, 4.69) is 20.1 Å². The summed E-state index contributed by atoms with van der Waals surface area (Å²) < 4.78 is 10.7. The Morgan fingerprint density at radius 1 is 1.09 bits per heavy atom. The van der Waals surface area contributed by atoms with Crippen LogP contribution in [0.15, 0.2) is 65.3 Å². The molecular weight excluding hydrogens is 420 g/mol. The SMILES string of the molecule is COc1ccc(NC(=O)c2coc(CN3CCN(C[C@H](O)Cc4ccccc4)CC3)n2)cc1. The molecule has 2 heterocycles. The number of piperazine rings is 1. The highest BCUT2D eigenvalue weighted by atomic mass is 16.5. The van der Waals surface area contributed by atoms with Gasteiger partial charge >= 0.3 is 0 Å². The van der Waals surface area contributed by atoms with Crippen molar-refractivity contribution in [2.75, 3.05) is 45.2 Å². The van der Waals surface area contributed by atoms with Crippen LogP contribution in [0.5, 0.6) is 5.75 Å². The number of anilines is 1. The number of oxazole rings is 1. The Morgan fingerprint density at radius 2 is 1.79 bits per heavy atom. The largest absolute Gasteiger partial charge is 0.497 e. The summed E-state index contributed by atoms with van der Waals surface area (Å²) in [5, 5.41) is 13.2. The Morgan fingerprint density at radius 3 is 2.48 bits per heavy atom. The molecule has 0 unspecified atom stereocenters. The normalized spacial score (nSPS) is 15.8. The topological polar surface area (TPSA) is 91.1 Å². The quantitative estimate of drug-likeness (QED) is 0.518. The third kappa shape index (κ3) is 6.64. The average Bonchev–Trinajstić information content (AvgIpc) is 3.30. The maximum Gasteiger partial charge on any atom is 0.277 e. The van der Waals surface area contributed by atoms with E-state index in [4.69, 9.17) is 9.15 Å². The second-order valence-electron chi connectivity index (χ2n) is 8.23. The van der Waals surface area contributed by atoms with E-state index < -0.39 is 0 Å². The molecule has 1 aliphatic rings. The van der Waals surface area contributed by atoms with E-state index in [-0.39, 0.29) is 17.7 Å². The Kier molecular flexibility index (Phi) is 7.72. The fourth-order valence-electron chi connectivity index (χ4n) is 3.93. The van der Waals surface area contributed by atoms with E-state index >= 15 is 0 Å². The van der Waals surface area contributed by atoms with Gasteiger partial charge in [0.2, 0.25) is 5.89 Å². The minimum absolute atomic E-state index is 0.253. The Bertz CT molecular complexity index is 1010. The molecule has 0 spiro atoms. The number of rotatable bonds is 9. The third-order valence-corrected chi connectivity index (χ3v) is 5.74. The van der Waals surface area contributed by atoms with Gasteiger partial charge in [0.1, 0.15) is 12.0 Å². The number of aliphatic hydroxyl groups excluding tert-OH is 1. The number of hydrogen-bond donors (Lipinski definition) is 2. The molecule has 0 bridgehead atoms. The molecule has 1 atom stereocenters. The van der Waals surface area contributed by atoms with Crippen LogP contribution in [0, 0.1) is 0 Å². The van der Waals surface area contributed by atoms with Crippen LogP contribution < -0.4 is 10.1 Å². The molecule has 0 saturated carbocycles. The number of carbonyl (C=O) groups excluding carboxylic acids is 1. The van der Waals surface area contributed by atoms with Crippen LogP contribution in [0.3, 0.4) is 0 Å². The van der Waals surface area contributed by atoms with Gasteiger partial charge in [-0.3, -0.25) is 14.6 Å². The van der Waals surface area contributed by atoms with Gasteiger partial charge in [0, 0.05) is 38.4 Å². The molecule has 8 heteroatoms. The Labute approximate surface area is 193 Å². The molecule has 1 fully saturated rings. The van der Waals surface area contributed by atoms with Crippen molar-refractivity contribution in [1.29, 1.82) is 0 Å². The number of aliphatic hydroxyl groups is 1. The average molecular weight is 451 g/mol. The van der Waals surface area contributed by atoms with Crippen molar-refractivity contribution >= 4 is 11.6 Å². The summed E-state index contributed by atoms with van der Waals surface area (Å²) in [4.78, 5) is 21.3. The first kappa shape index (κ1) is 23.0. The third-order valence-electron chi connectivity index (χ3n) is 5.74. The van der Waals surface area contributed by atoms with Crippen molar-refractivity contribution in [1.82, 2.24) is 14.8 Å². The number of aromatic nitrogens is 1. The predicted octanol–water partition coefficient (Wildman–Crippen LogP) is 2.66. The lowest BCUT2D eigenvalue weighted by Gasteiger charge is -2.35. The minimum atomic E-state index is -0.377. The number of β-amino-alcohol motifs (C(OH)–C–C–N with tert-alkyl or cyclic N) is 1. The van der Waals surface area contributed by atoms with Crippen molar-refractivity contribution in [3.05, 3.63) is 78.0 Å². The number of hydrogen-bond acceptors (Lipinski definition) is 7. The molecule has 4 rings (SSSR count). The van der Waals surface area contributed by atoms with Gasteiger partial charge in [-0.05, 0) is 36.2 Å². The molecule has 1 aliphatic heterocycles. The highest BCUT2D eigenvalue weighted by Crippen LogP contribution is 2.16. The number of nitrogens with one attached hydrogen (secondary N) is 1. The lowest BCUT2D eigenvalue weighted by Crippen LogP contribution is -2.48. The Balaban J connectivity index is 1.21. The van der Waals surface area contributed by atoms with Crippen molar-refractivity contribution in [2.24, 2.45) is 0 Å². The van der Waals surface area contributed by atoms with Crippen LogP contribution >= 0.6 is 0 Å². The van der Waals surface area contributed by atoms with Crippen molar-refractivity contribution in [3.63, 3.8) is 0 Å². The summed E-state index contributed by atoms with van der Waals surface area (Å²) in [6.07, 6.45) is 1.68. The molecule has 174 valence electrons. The molecule has 1 aromatic heterocycles. The highest BCUT2D eigenvalue weighted by Gasteiger charge is 2.21. The van der Waals surface area contributed by atoms with E-state index in [1.165, 1.54) is 6.26 Å². The molecule has 0 radical (unpaired) electrons. The van der Waals surface area contributed by atoms with Crippen molar-refractivity contribution in [3.8, 4) is 5.75 Å². The monoisotopic (exact) mass is 450 g/mol. The van der Waals surface area contributed by atoms with Crippen molar-refractivity contribution < 1.29 is 19.1 Å².